The van der Waals surface area contributed by atoms with E-state index >= 15 is 0 Å². The van der Waals surface area contributed by atoms with Crippen molar-refractivity contribution in [1.82, 2.24) is 10.2 Å². The van der Waals surface area contributed by atoms with Gasteiger partial charge in [0.2, 0.25) is 0 Å². The molecule has 0 aromatic heterocycles. The third-order valence-corrected chi connectivity index (χ3v) is 4.11. The number of piperidine rings is 1. The van der Waals surface area contributed by atoms with Crippen LogP contribution in [0.25, 0.3) is 0 Å². The van der Waals surface area contributed by atoms with Crippen molar-refractivity contribution in [2.24, 2.45) is 5.92 Å². The van der Waals surface area contributed by atoms with Gasteiger partial charge >= 0.3 is 0 Å². The monoisotopic (exact) mass is 304 g/mol. The molecule has 1 heterocycles. The van der Waals surface area contributed by atoms with Crippen molar-refractivity contribution >= 4 is 12.4 Å². The third kappa shape index (κ3) is 3.90. The van der Waals surface area contributed by atoms with Gasteiger partial charge in [-0.1, -0.05) is 6.07 Å². The van der Waals surface area contributed by atoms with Crippen LogP contribution in [0.2, 0.25) is 0 Å². The summed E-state index contributed by atoms with van der Waals surface area (Å²) in [5.74, 6) is -0.200. The highest BCUT2D eigenvalue weighted by Gasteiger charge is 2.26. The second kappa shape index (κ2) is 7.91. The molecule has 2 rings (SSSR count). The van der Waals surface area contributed by atoms with Gasteiger partial charge in [0.1, 0.15) is 11.6 Å². The van der Waals surface area contributed by atoms with E-state index in [0.29, 0.717) is 5.92 Å². The highest BCUT2D eigenvalue weighted by molar-refractivity contribution is 5.85. The van der Waals surface area contributed by atoms with Gasteiger partial charge in [-0.05, 0) is 64.5 Å². The Hall–Kier alpha value is -0.710. The lowest BCUT2D eigenvalue weighted by Crippen LogP contribution is -2.38. The first kappa shape index (κ1) is 17.3. The summed E-state index contributed by atoms with van der Waals surface area (Å²) in [5, 5.41) is 3.19. The summed E-state index contributed by atoms with van der Waals surface area (Å²) in [5.41, 5.74) is 0.203. The zero-order valence-electron chi connectivity index (χ0n) is 12.0. The first-order valence-corrected chi connectivity index (χ1v) is 6.96. The Labute approximate surface area is 126 Å². The average molecular weight is 305 g/mol. The Balaban J connectivity index is 0.00000200. The molecule has 0 spiro atoms. The molecular weight excluding hydrogens is 282 g/mol. The Morgan fingerprint density at radius 3 is 2.30 bits per heavy atom. The first-order chi connectivity index (χ1) is 9.13. The molecule has 1 saturated heterocycles. The van der Waals surface area contributed by atoms with Crippen molar-refractivity contribution in [1.29, 1.82) is 0 Å². The summed E-state index contributed by atoms with van der Waals surface area (Å²) < 4.78 is 27.6. The van der Waals surface area contributed by atoms with Gasteiger partial charge in [-0.15, -0.1) is 12.4 Å². The van der Waals surface area contributed by atoms with Crippen LogP contribution in [-0.4, -0.2) is 31.6 Å². The van der Waals surface area contributed by atoms with Crippen LogP contribution in [0.1, 0.15) is 31.4 Å². The smallest absolute Gasteiger partial charge is 0.130 e. The maximum atomic E-state index is 13.8. The minimum atomic E-state index is -0.440. The fraction of sp³-hybridized carbons (Fsp3) is 0.600. The van der Waals surface area contributed by atoms with E-state index in [-0.39, 0.29) is 24.0 Å². The Morgan fingerprint density at radius 1 is 1.25 bits per heavy atom. The third-order valence-electron chi connectivity index (χ3n) is 4.11. The molecule has 5 heteroatoms. The summed E-state index contributed by atoms with van der Waals surface area (Å²) in [6.45, 7) is 4.72. The predicted molar refractivity (Wildman–Crippen MR) is 80.2 cm³/mol. The zero-order valence-corrected chi connectivity index (χ0v) is 12.9. The Morgan fingerprint density at radius 2 is 1.80 bits per heavy atom. The van der Waals surface area contributed by atoms with Gasteiger partial charge in [0.05, 0.1) is 0 Å². The predicted octanol–water partition coefficient (Wildman–Crippen LogP) is 3.38. The molecule has 0 amide bonds. The lowest BCUT2D eigenvalue weighted by molar-refractivity contribution is 0.136. The second-order valence-electron chi connectivity index (χ2n) is 5.35. The molecule has 1 aromatic carbocycles. The molecule has 0 aliphatic carbocycles. The molecule has 1 aliphatic rings. The Bertz CT molecular complexity index is 400. The van der Waals surface area contributed by atoms with E-state index < -0.39 is 11.6 Å². The van der Waals surface area contributed by atoms with Crippen molar-refractivity contribution in [2.75, 3.05) is 26.7 Å². The first-order valence-electron chi connectivity index (χ1n) is 6.96. The summed E-state index contributed by atoms with van der Waals surface area (Å²) in [7, 11) is 1.96. The van der Waals surface area contributed by atoms with Crippen LogP contribution in [0.15, 0.2) is 18.2 Å². The molecule has 20 heavy (non-hydrogen) atoms. The highest BCUT2D eigenvalue weighted by Crippen LogP contribution is 2.29. The lowest BCUT2D eigenvalue weighted by atomic mass is 9.94. The second-order valence-corrected chi connectivity index (χ2v) is 5.35. The molecule has 1 aromatic rings. The molecular formula is C15H23ClF2N2. The standard InChI is InChI=1S/C15H22F2N2.ClH/c1-11(15-13(16)4-3-5-14(15)17)19-8-6-12(7-9-19)10-18-2;/h3-5,11-12,18H,6-10H2,1-2H3;1H. The van der Waals surface area contributed by atoms with Gasteiger partial charge in [-0.25, -0.2) is 8.78 Å². The van der Waals surface area contributed by atoms with Gasteiger partial charge in [0.25, 0.3) is 0 Å². The van der Waals surface area contributed by atoms with Crippen LogP contribution in [0, 0.1) is 17.6 Å². The number of hydrogen-bond acceptors (Lipinski definition) is 2. The van der Waals surface area contributed by atoms with Crippen LogP contribution >= 0.6 is 12.4 Å². The quantitative estimate of drug-likeness (QED) is 0.917. The molecule has 1 unspecified atom stereocenters. The van der Waals surface area contributed by atoms with Crippen molar-refractivity contribution in [2.45, 2.75) is 25.8 Å². The van der Waals surface area contributed by atoms with Crippen LogP contribution in [-0.2, 0) is 0 Å². The fourth-order valence-corrected chi connectivity index (χ4v) is 2.93. The molecule has 2 nitrogen and oxygen atoms in total. The van der Waals surface area contributed by atoms with Crippen LogP contribution in [0.5, 0.6) is 0 Å². The number of rotatable bonds is 4. The largest absolute Gasteiger partial charge is 0.319 e. The maximum Gasteiger partial charge on any atom is 0.130 e. The number of halogens is 3. The summed E-state index contributed by atoms with van der Waals surface area (Å²) in [4.78, 5) is 2.17. The topological polar surface area (TPSA) is 15.3 Å². The van der Waals surface area contributed by atoms with Gasteiger partial charge in [-0.3, -0.25) is 4.90 Å². The van der Waals surface area contributed by atoms with E-state index in [0.717, 1.165) is 32.5 Å². The molecule has 0 saturated carbocycles. The minimum Gasteiger partial charge on any atom is -0.319 e. The molecule has 1 aliphatic heterocycles. The molecule has 1 fully saturated rings. The molecule has 0 bridgehead atoms. The van der Waals surface area contributed by atoms with Crippen LogP contribution in [0.4, 0.5) is 8.78 Å². The lowest BCUT2D eigenvalue weighted by Gasteiger charge is -2.36. The number of hydrogen-bond donors (Lipinski definition) is 1. The van der Waals surface area contributed by atoms with E-state index in [1.54, 1.807) is 0 Å². The summed E-state index contributed by atoms with van der Waals surface area (Å²) >= 11 is 0. The number of benzene rings is 1. The van der Waals surface area contributed by atoms with Crippen LogP contribution < -0.4 is 5.32 Å². The van der Waals surface area contributed by atoms with E-state index in [1.807, 2.05) is 14.0 Å². The van der Waals surface area contributed by atoms with Crippen LogP contribution in [0.3, 0.4) is 0 Å². The number of nitrogens with zero attached hydrogens (tertiary/aromatic N) is 1. The SMILES string of the molecule is CNCC1CCN(C(C)c2c(F)cccc2F)CC1.Cl. The van der Waals surface area contributed by atoms with Crippen molar-refractivity contribution in [3.8, 4) is 0 Å². The fourth-order valence-electron chi connectivity index (χ4n) is 2.93. The van der Waals surface area contributed by atoms with Crippen molar-refractivity contribution < 1.29 is 8.78 Å². The average Bonchev–Trinajstić information content (AvgIpc) is 2.39. The molecule has 1 N–H and O–H groups in total. The normalized spacial score (nSPS) is 18.6. The summed E-state index contributed by atoms with van der Waals surface area (Å²) in [6.07, 6.45) is 2.17. The number of likely N-dealkylation sites (tertiary alicyclic amines) is 1. The highest BCUT2D eigenvalue weighted by atomic mass is 35.5. The van der Waals surface area contributed by atoms with Gasteiger partial charge < -0.3 is 5.32 Å². The van der Waals surface area contributed by atoms with E-state index in [2.05, 4.69) is 10.2 Å². The van der Waals surface area contributed by atoms with E-state index in [9.17, 15) is 8.78 Å². The van der Waals surface area contributed by atoms with Gasteiger partial charge in [0, 0.05) is 11.6 Å². The molecule has 0 radical (unpaired) electrons. The maximum absolute atomic E-state index is 13.8. The molecule has 114 valence electrons. The van der Waals surface area contributed by atoms with Gasteiger partial charge in [-0.2, -0.15) is 0 Å². The molecule has 1 atom stereocenters. The summed E-state index contributed by atoms with van der Waals surface area (Å²) in [6, 6.07) is 3.89. The van der Waals surface area contributed by atoms with E-state index in [4.69, 9.17) is 0 Å². The Kier molecular flexibility index (Phi) is 6.86. The minimum absolute atomic E-state index is 0. The van der Waals surface area contributed by atoms with Gasteiger partial charge in [0.15, 0.2) is 0 Å². The zero-order chi connectivity index (χ0) is 13.8. The van der Waals surface area contributed by atoms with E-state index in [1.165, 1.54) is 18.2 Å². The van der Waals surface area contributed by atoms with Crippen molar-refractivity contribution in [3.05, 3.63) is 35.4 Å². The van der Waals surface area contributed by atoms with Crippen molar-refractivity contribution in [3.63, 3.8) is 0 Å². The number of nitrogens with one attached hydrogen (secondary N) is 1.